The van der Waals surface area contributed by atoms with Gasteiger partial charge in [0.25, 0.3) is 5.91 Å². The zero-order chi connectivity index (χ0) is 23.0. The van der Waals surface area contributed by atoms with Crippen LogP contribution in [0.5, 0.6) is 0 Å². The lowest BCUT2D eigenvalue weighted by atomic mass is 9.96. The number of piperidine rings is 1. The highest BCUT2D eigenvalue weighted by atomic mass is 19.1. The predicted octanol–water partition coefficient (Wildman–Crippen LogP) is 3.96. The smallest absolute Gasteiger partial charge is 0.257 e. The summed E-state index contributed by atoms with van der Waals surface area (Å²) in [6.45, 7) is 7.07. The first-order valence-electron chi connectivity index (χ1n) is 11.7. The number of ether oxygens (including phenoxy) is 2. The molecule has 2 aromatic carbocycles. The third-order valence-corrected chi connectivity index (χ3v) is 7.06. The molecular formula is C26H30FN3O3. The molecule has 6 nitrogen and oxygen atoms in total. The fraction of sp³-hybridized carbons (Fsp3) is 0.462. The van der Waals surface area contributed by atoms with Gasteiger partial charge in [-0.05, 0) is 42.7 Å². The van der Waals surface area contributed by atoms with Crippen LogP contribution in [0, 0.1) is 19.7 Å². The third-order valence-electron chi connectivity index (χ3n) is 7.06. The average molecular weight is 452 g/mol. The molecule has 0 bridgehead atoms. The van der Waals surface area contributed by atoms with Crippen molar-refractivity contribution in [3.8, 4) is 0 Å². The minimum absolute atomic E-state index is 0.119. The quantitative estimate of drug-likeness (QED) is 0.706. The second-order valence-electron chi connectivity index (χ2n) is 9.21. The average Bonchev–Trinajstić information content (AvgIpc) is 3.46. The van der Waals surface area contributed by atoms with Gasteiger partial charge in [0, 0.05) is 37.9 Å². The maximum absolute atomic E-state index is 14.7. The van der Waals surface area contributed by atoms with Crippen molar-refractivity contribution in [2.24, 2.45) is 5.10 Å². The topological polar surface area (TPSA) is 54.4 Å². The van der Waals surface area contributed by atoms with Gasteiger partial charge in [0.15, 0.2) is 5.79 Å². The summed E-state index contributed by atoms with van der Waals surface area (Å²) in [6.07, 6.45) is 1.97. The van der Waals surface area contributed by atoms with Crippen LogP contribution in [0.3, 0.4) is 0 Å². The Balaban J connectivity index is 1.36. The van der Waals surface area contributed by atoms with Crippen molar-refractivity contribution < 1.29 is 18.7 Å². The second-order valence-corrected chi connectivity index (χ2v) is 9.21. The number of benzene rings is 2. The maximum atomic E-state index is 14.7. The molecule has 3 aliphatic rings. The van der Waals surface area contributed by atoms with Gasteiger partial charge in [-0.2, -0.15) is 5.10 Å². The Hall–Kier alpha value is -2.61. The SMILES string of the molecule is Cc1ccc(C2=NN(C(=O)CN3CCC4(CC3)OCCO4)C(c3ccccc3F)C2)cc1C. The summed E-state index contributed by atoms with van der Waals surface area (Å²) >= 11 is 0. The van der Waals surface area contributed by atoms with E-state index in [2.05, 4.69) is 30.9 Å². The molecule has 0 saturated carbocycles. The summed E-state index contributed by atoms with van der Waals surface area (Å²) in [5.41, 5.74) is 4.66. The highest BCUT2D eigenvalue weighted by Gasteiger charge is 2.41. The van der Waals surface area contributed by atoms with E-state index in [1.165, 1.54) is 22.2 Å². The van der Waals surface area contributed by atoms with Crippen LogP contribution in [0.2, 0.25) is 0 Å². The summed E-state index contributed by atoms with van der Waals surface area (Å²) in [5, 5.41) is 6.22. The maximum Gasteiger partial charge on any atom is 0.257 e. The monoisotopic (exact) mass is 451 g/mol. The molecule has 1 atom stereocenters. The summed E-state index contributed by atoms with van der Waals surface area (Å²) in [4.78, 5) is 15.5. The Kier molecular flexibility index (Phi) is 6.03. The van der Waals surface area contributed by atoms with Crippen LogP contribution in [0.15, 0.2) is 47.6 Å². The zero-order valence-electron chi connectivity index (χ0n) is 19.2. The number of rotatable bonds is 4. The molecule has 5 rings (SSSR count). The molecule has 1 amide bonds. The largest absolute Gasteiger partial charge is 0.347 e. The number of hydrazone groups is 1. The molecule has 2 saturated heterocycles. The van der Waals surface area contributed by atoms with Crippen LogP contribution in [0.25, 0.3) is 0 Å². The summed E-state index contributed by atoms with van der Waals surface area (Å²) in [6, 6.07) is 12.4. The summed E-state index contributed by atoms with van der Waals surface area (Å²) in [5.74, 6) is -0.907. The normalized spacial score (nSPS) is 22.7. The van der Waals surface area contributed by atoms with E-state index in [0.29, 0.717) is 25.2 Å². The molecule has 2 fully saturated rings. The van der Waals surface area contributed by atoms with E-state index >= 15 is 0 Å². The molecule has 1 unspecified atom stereocenters. The van der Waals surface area contributed by atoms with E-state index in [1.54, 1.807) is 18.2 Å². The first kappa shape index (κ1) is 22.2. The molecule has 0 aliphatic carbocycles. The van der Waals surface area contributed by atoms with Crippen molar-refractivity contribution in [1.29, 1.82) is 0 Å². The number of hydrogen-bond donors (Lipinski definition) is 0. The molecule has 174 valence electrons. The Morgan fingerprint density at radius 2 is 1.82 bits per heavy atom. The number of halogens is 1. The van der Waals surface area contributed by atoms with Gasteiger partial charge in [0.1, 0.15) is 5.82 Å². The lowest BCUT2D eigenvalue weighted by Crippen LogP contribution is -2.48. The highest BCUT2D eigenvalue weighted by molar-refractivity contribution is 6.03. The summed E-state index contributed by atoms with van der Waals surface area (Å²) in [7, 11) is 0. The van der Waals surface area contributed by atoms with E-state index in [4.69, 9.17) is 14.6 Å². The molecule has 3 aliphatic heterocycles. The fourth-order valence-electron chi connectivity index (χ4n) is 4.92. The van der Waals surface area contributed by atoms with Crippen molar-refractivity contribution in [3.05, 3.63) is 70.5 Å². The minimum atomic E-state index is -0.475. The fourth-order valence-corrected chi connectivity index (χ4v) is 4.92. The van der Waals surface area contributed by atoms with Crippen molar-refractivity contribution in [2.75, 3.05) is 32.8 Å². The Morgan fingerprint density at radius 3 is 2.52 bits per heavy atom. The van der Waals surface area contributed by atoms with Crippen LogP contribution in [-0.4, -0.2) is 60.2 Å². The number of carbonyl (C=O) groups is 1. The standard InChI is InChI=1S/C26H30FN3O3/c1-18-7-8-20(15-19(18)2)23-16-24(21-5-3-4-6-22(21)27)30(28-23)25(31)17-29-11-9-26(10-12-29)32-13-14-33-26/h3-8,15,24H,9-14,16-17H2,1-2H3. The number of carbonyl (C=O) groups excluding carboxylic acids is 1. The molecule has 0 N–H and O–H groups in total. The van der Waals surface area contributed by atoms with E-state index in [1.807, 2.05) is 6.07 Å². The second kappa shape index (κ2) is 8.97. The van der Waals surface area contributed by atoms with Gasteiger partial charge in [-0.3, -0.25) is 9.69 Å². The number of amides is 1. The number of nitrogens with zero attached hydrogens (tertiary/aromatic N) is 3. The molecule has 0 aromatic heterocycles. The van der Waals surface area contributed by atoms with E-state index < -0.39 is 11.8 Å². The van der Waals surface area contributed by atoms with Crippen LogP contribution < -0.4 is 0 Å². The molecule has 7 heteroatoms. The summed E-state index contributed by atoms with van der Waals surface area (Å²) < 4.78 is 26.3. The highest BCUT2D eigenvalue weighted by Crippen LogP contribution is 2.35. The van der Waals surface area contributed by atoms with E-state index in [0.717, 1.165) is 37.2 Å². The van der Waals surface area contributed by atoms with Crippen LogP contribution in [0.4, 0.5) is 4.39 Å². The first-order chi connectivity index (χ1) is 15.9. The van der Waals surface area contributed by atoms with Crippen LogP contribution >= 0.6 is 0 Å². The molecule has 2 aromatic rings. The zero-order valence-corrected chi connectivity index (χ0v) is 19.2. The minimum Gasteiger partial charge on any atom is -0.347 e. The molecule has 0 radical (unpaired) electrons. The number of aryl methyl sites for hydroxylation is 2. The Morgan fingerprint density at radius 1 is 1.09 bits per heavy atom. The van der Waals surface area contributed by atoms with Crippen molar-refractivity contribution in [3.63, 3.8) is 0 Å². The number of hydrogen-bond acceptors (Lipinski definition) is 5. The molecule has 33 heavy (non-hydrogen) atoms. The van der Waals surface area contributed by atoms with Gasteiger partial charge < -0.3 is 9.47 Å². The van der Waals surface area contributed by atoms with E-state index in [9.17, 15) is 9.18 Å². The lowest BCUT2D eigenvalue weighted by Gasteiger charge is -2.37. The van der Waals surface area contributed by atoms with Crippen LogP contribution in [-0.2, 0) is 14.3 Å². The van der Waals surface area contributed by atoms with Crippen molar-refractivity contribution in [1.82, 2.24) is 9.91 Å². The molecule has 1 spiro atoms. The van der Waals surface area contributed by atoms with Gasteiger partial charge in [-0.15, -0.1) is 0 Å². The van der Waals surface area contributed by atoms with Crippen molar-refractivity contribution in [2.45, 2.75) is 44.9 Å². The van der Waals surface area contributed by atoms with Gasteiger partial charge in [0.2, 0.25) is 0 Å². The molecular weight excluding hydrogens is 421 g/mol. The van der Waals surface area contributed by atoms with Gasteiger partial charge in [0.05, 0.1) is 31.5 Å². The van der Waals surface area contributed by atoms with Gasteiger partial charge in [-0.25, -0.2) is 9.40 Å². The van der Waals surface area contributed by atoms with E-state index in [-0.39, 0.29) is 18.3 Å². The lowest BCUT2D eigenvalue weighted by molar-refractivity contribution is -0.186. The third kappa shape index (κ3) is 4.45. The number of likely N-dealkylation sites (tertiary alicyclic amines) is 1. The van der Waals surface area contributed by atoms with Crippen molar-refractivity contribution >= 4 is 11.6 Å². The van der Waals surface area contributed by atoms with Crippen LogP contribution in [0.1, 0.15) is 47.6 Å². The Labute approximate surface area is 194 Å². The van der Waals surface area contributed by atoms with Gasteiger partial charge in [-0.1, -0.05) is 30.3 Å². The predicted molar refractivity (Wildman–Crippen MR) is 123 cm³/mol. The van der Waals surface area contributed by atoms with Gasteiger partial charge >= 0.3 is 0 Å². The Bertz CT molecular complexity index is 1070. The molecule has 3 heterocycles. The first-order valence-corrected chi connectivity index (χ1v) is 11.7.